The van der Waals surface area contributed by atoms with Gasteiger partial charge >= 0.3 is 0 Å². The van der Waals surface area contributed by atoms with Crippen LogP contribution in [0.2, 0.25) is 0 Å². The third-order valence-corrected chi connectivity index (χ3v) is 5.33. The van der Waals surface area contributed by atoms with Crippen molar-refractivity contribution < 1.29 is 15.0 Å². The highest BCUT2D eigenvalue weighted by Crippen LogP contribution is 2.29. The molecule has 3 nitrogen and oxygen atoms in total. The average molecular weight is 300 g/mol. The second-order valence-electron chi connectivity index (χ2n) is 7.14. The number of pyridine rings is 1. The molecule has 2 aromatic rings. The largest absolute Gasteiger partial charge is 0.506 e. The number of rotatable bonds is 2. The van der Waals surface area contributed by atoms with Gasteiger partial charge in [0.15, 0.2) is 5.69 Å². The van der Waals surface area contributed by atoms with Crippen LogP contribution in [0.15, 0.2) is 12.1 Å². The Morgan fingerprint density at radius 1 is 1.27 bits per heavy atom. The highest BCUT2D eigenvalue weighted by Gasteiger charge is 2.25. The fraction of sp³-hybridized carbons (Fsp3) is 0.526. The predicted octanol–water partition coefficient (Wildman–Crippen LogP) is 2.10. The van der Waals surface area contributed by atoms with Gasteiger partial charge in [-0.15, -0.1) is 0 Å². The van der Waals surface area contributed by atoms with Gasteiger partial charge in [0, 0.05) is 18.4 Å². The lowest BCUT2D eigenvalue weighted by atomic mass is 9.98. The van der Waals surface area contributed by atoms with Crippen LogP contribution in [0.4, 0.5) is 0 Å². The molecule has 1 aromatic carbocycles. The van der Waals surface area contributed by atoms with E-state index in [2.05, 4.69) is 38.7 Å². The number of aromatic hydroxyl groups is 1. The lowest BCUT2D eigenvalue weighted by molar-refractivity contribution is -0.922. The summed E-state index contributed by atoms with van der Waals surface area (Å²) in [4.78, 5) is 5.13. The van der Waals surface area contributed by atoms with Gasteiger partial charge in [0.1, 0.15) is 17.9 Å². The minimum Gasteiger partial charge on any atom is -0.506 e. The first kappa shape index (κ1) is 15.3. The Labute approximate surface area is 133 Å². The van der Waals surface area contributed by atoms with Gasteiger partial charge in [0.2, 0.25) is 5.52 Å². The third kappa shape index (κ3) is 2.70. The Balaban J connectivity index is 2.01. The molecule has 0 amide bonds. The maximum Gasteiger partial charge on any atom is 0.217 e. The van der Waals surface area contributed by atoms with Gasteiger partial charge in [-0.2, -0.15) is 0 Å². The van der Waals surface area contributed by atoms with Crippen LogP contribution in [0.3, 0.4) is 0 Å². The van der Waals surface area contributed by atoms with Crippen molar-refractivity contribution in [3.05, 3.63) is 34.5 Å². The number of nitrogens with one attached hydrogen (secondary N) is 2. The lowest BCUT2D eigenvalue weighted by Gasteiger charge is -2.28. The molecule has 2 unspecified atom stereocenters. The van der Waals surface area contributed by atoms with Crippen LogP contribution in [-0.2, 0) is 6.54 Å². The first-order valence-corrected chi connectivity index (χ1v) is 8.44. The van der Waals surface area contributed by atoms with Gasteiger partial charge in [-0.1, -0.05) is 13.0 Å². The molecule has 1 saturated heterocycles. The van der Waals surface area contributed by atoms with E-state index in [9.17, 15) is 5.11 Å². The molecular weight excluding hydrogens is 272 g/mol. The molecule has 3 rings (SSSR count). The quantitative estimate of drug-likeness (QED) is 0.876. The summed E-state index contributed by atoms with van der Waals surface area (Å²) in [5.41, 5.74) is 5.73. The summed E-state index contributed by atoms with van der Waals surface area (Å²) in [6.07, 6.45) is 2.64. The summed E-state index contributed by atoms with van der Waals surface area (Å²) < 4.78 is 0. The number of hydrogen-bond acceptors (Lipinski definition) is 1. The molecule has 2 atom stereocenters. The van der Waals surface area contributed by atoms with E-state index in [0.717, 1.165) is 34.6 Å². The van der Waals surface area contributed by atoms with E-state index >= 15 is 0 Å². The Morgan fingerprint density at radius 3 is 2.77 bits per heavy atom. The highest BCUT2D eigenvalue weighted by molar-refractivity contribution is 5.86. The lowest BCUT2D eigenvalue weighted by Crippen LogP contribution is -3.12. The van der Waals surface area contributed by atoms with Gasteiger partial charge in [-0.25, -0.2) is 4.98 Å². The number of H-pyrrole nitrogens is 1. The molecule has 1 aromatic heterocycles. The second-order valence-corrected chi connectivity index (χ2v) is 7.14. The zero-order valence-corrected chi connectivity index (χ0v) is 14.2. The van der Waals surface area contributed by atoms with Crippen molar-refractivity contribution in [2.24, 2.45) is 5.92 Å². The standard InChI is InChI=1S/C19H26N2O/c1-12-6-5-9-21(10-12)11-17-15(4)20-18-14(3)13(2)7-8-16(18)19(17)22/h7-8,12H,5-6,9-11H2,1-4H3,(H,20,22)/p+2. The topological polar surface area (TPSA) is 38.8 Å². The van der Waals surface area contributed by atoms with E-state index < -0.39 is 0 Å². The van der Waals surface area contributed by atoms with Crippen LogP contribution in [0, 0.1) is 26.7 Å². The number of aryl methyl sites for hydroxylation is 3. The number of hydrogen-bond donors (Lipinski definition) is 2. The molecule has 0 radical (unpaired) electrons. The molecule has 0 spiro atoms. The van der Waals surface area contributed by atoms with Crippen molar-refractivity contribution in [3.63, 3.8) is 0 Å². The number of benzene rings is 1. The van der Waals surface area contributed by atoms with E-state index in [1.54, 1.807) is 4.90 Å². The van der Waals surface area contributed by atoms with Gasteiger partial charge < -0.3 is 10.0 Å². The minimum absolute atomic E-state index is 0.472. The zero-order valence-electron chi connectivity index (χ0n) is 14.2. The molecule has 1 aliphatic heterocycles. The van der Waals surface area contributed by atoms with Gasteiger partial charge in [0.25, 0.3) is 0 Å². The summed E-state index contributed by atoms with van der Waals surface area (Å²) in [5.74, 6) is 1.26. The summed E-state index contributed by atoms with van der Waals surface area (Å²) in [7, 11) is 0. The van der Waals surface area contributed by atoms with E-state index in [4.69, 9.17) is 0 Å². The second kappa shape index (κ2) is 5.88. The van der Waals surface area contributed by atoms with Crippen molar-refractivity contribution in [1.82, 2.24) is 0 Å². The van der Waals surface area contributed by atoms with E-state index in [1.807, 2.05) is 6.07 Å². The molecular formula is C19H28N2O+2. The average Bonchev–Trinajstić information content (AvgIpc) is 2.48. The molecule has 3 heteroatoms. The Bertz CT molecular complexity index is 708. The summed E-state index contributed by atoms with van der Waals surface area (Å²) >= 11 is 0. The van der Waals surface area contributed by atoms with Crippen LogP contribution in [-0.4, -0.2) is 18.2 Å². The first-order valence-electron chi connectivity index (χ1n) is 8.44. The zero-order chi connectivity index (χ0) is 15.9. The molecule has 0 saturated carbocycles. The Hall–Kier alpha value is -1.61. The first-order chi connectivity index (χ1) is 10.5. The molecule has 1 aliphatic rings. The Kier molecular flexibility index (Phi) is 4.09. The summed E-state index contributed by atoms with van der Waals surface area (Å²) in [5, 5.41) is 11.8. The van der Waals surface area contributed by atoms with E-state index in [1.165, 1.54) is 37.1 Å². The Morgan fingerprint density at radius 2 is 2.05 bits per heavy atom. The third-order valence-electron chi connectivity index (χ3n) is 5.33. The van der Waals surface area contributed by atoms with Gasteiger partial charge in [-0.05, 0) is 38.3 Å². The van der Waals surface area contributed by atoms with E-state index in [0.29, 0.717) is 5.75 Å². The summed E-state index contributed by atoms with van der Waals surface area (Å²) in [6.45, 7) is 12.0. The van der Waals surface area contributed by atoms with Crippen LogP contribution < -0.4 is 9.88 Å². The molecule has 0 bridgehead atoms. The number of fused-ring (bicyclic) bond motifs is 1. The maximum atomic E-state index is 10.8. The van der Waals surface area contributed by atoms with Crippen LogP contribution in [0.5, 0.6) is 5.75 Å². The minimum atomic E-state index is 0.472. The van der Waals surface area contributed by atoms with Crippen LogP contribution in [0.1, 0.15) is 42.1 Å². The van der Waals surface area contributed by atoms with Crippen molar-refractivity contribution >= 4 is 10.9 Å². The molecule has 2 heterocycles. The van der Waals surface area contributed by atoms with E-state index in [-0.39, 0.29) is 0 Å². The van der Waals surface area contributed by atoms with Crippen molar-refractivity contribution in [2.75, 3.05) is 13.1 Å². The monoisotopic (exact) mass is 300 g/mol. The van der Waals surface area contributed by atoms with Crippen LogP contribution in [0.25, 0.3) is 10.9 Å². The number of aromatic amines is 1. The predicted molar refractivity (Wildman–Crippen MR) is 89.2 cm³/mol. The van der Waals surface area contributed by atoms with Gasteiger partial charge in [-0.3, -0.25) is 0 Å². The van der Waals surface area contributed by atoms with Crippen LogP contribution >= 0.6 is 0 Å². The molecule has 118 valence electrons. The highest BCUT2D eigenvalue weighted by atomic mass is 16.3. The number of likely N-dealkylation sites (tertiary alicyclic amines) is 1. The van der Waals surface area contributed by atoms with Crippen molar-refractivity contribution in [3.8, 4) is 5.75 Å². The van der Waals surface area contributed by atoms with Crippen molar-refractivity contribution in [2.45, 2.75) is 47.1 Å². The normalized spacial score (nSPS) is 22.2. The number of piperidine rings is 1. The SMILES string of the molecule is Cc1ccc2c(O)c(C[NH+]3CCCC(C)C3)c(C)[nH+]c2c1C. The van der Waals surface area contributed by atoms with Crippen molar-refractivity contribution in [1.29, 1.82) is 0 Å². The molecule has 1 fully saturated rings. The number of aromatic nitrogens is 1. The van der Waals surface area contributed by atoms with Gasteiger partial charge in [0.05, 0.1) is 18.5 Å². The molecule has 22 heavy (non-hydrogen) atoms. The molecule has 3 N–H and O–H groups in total. The molecule has 0 aliphatic carbocycles. The fourth-order valence-electron chi connectivity index (χ4n) is 3.80. The fourth-order valence-corrected chi connectivity index (χ4v) is 3.80. The number of quaternary nitrogens is 1. The summed E-state index contributed by atoms with van der Waals surface area (Å²) in [6, 6.07) is 4.14. The maximum absolute atomic E-state index is 10.8. The smallest absolute Gasteiger partial charge is 0.217 e.